The molecule has 0 aliphatic heterocycles. The van der Waals surface area contributed by atoms with Crippen molar-refractivity contribution in [2.45, 2.75) is 26.8 Å². The van der Waals surface area contributed by atoms with Crippen molar-refractivity contribution in [1.29, 1.82) is 5.41 Å². The molecule has 0 bridgehead atoms. The van der Waals surface area contributed by atoms with Crippen molar-refractivity contribution in [3.8, 4) is 0 Å². The second kappa shape index (κ2) is 7.60. The highest BCUT2D eigenvalue weighted by Gasteiger charge is 2.11. The lowest BCUT2D eigenvalue weighted by molar-refractivity contribution is 0.239. The number of benzene rings is 1. The number of amidine groups is 1. The summed E-state index contributed by atoms with van der Waals surface area (Å²) in [4.78, 5) is 2.14. The summed E-state index contributed by atoms with van der Waals surface area (Å²) in [5.74, 6) is 0.460. The van der Waals surface area contributed by atoms with Crippen LogP contribution in [0.2, 0.25) is 0 Å². The molecular weight excluding hydrogens is 309 g/mol. The molecule has 1 aromatic rings. The van der Waals surface area contributed by atoms with Crippen LogP contribution in [0, 0.1) is 17.1 Å². The molecule has 0 unspecified atom stereocenters. The first kappa shape index (κ1) is 16.1. The molecule has 1 aromatic carbocycles. The standard InChI is InChI=1S/C14H21BrFN3/c1-10(2)8-19(6-5-14(17)18)9-11-3-4-12(15)7-13(11)16/h3-4,7,10H,5-6,8-9H2,1-2H3,(H3,17,18). The zero-order chi connectivity index (χ0) is 14.4. The molecule has 0 saturated carbocycles. The maximum atomic E-state index is 13.8. The molecule has 1 rings (SSSR count). The van der Waals surface area contributed by atoms with Gasteiger partial charge in [-0.15, -0.1) is 0 Å². The fourth-order valence-electron chi connectivity index (χ4n) is 1.92. The van der Waals surface area contributed by atoms with Gasteiger partial charge in [0.15, 0.2) is 0 Å². The normalized spacial score (nSPS) is 11.3. The molecule has 3 N–H and O–H groups in total. The van der Waals surface area contributed by atoms with E-state index in [4.69, 9.17) is 11.1 Å². The van der Waals surface area contributed by atoms with Crippen molar-refractivity contribution in [3.05, 3.63) is 34.1 Å². The summed E-state index contributed by atoms with van der Waals surface area (Å²) in [6.45, 7) is 6.34. The maximum Gasteiger partial charge on any atom is 0.128 e. The Morgan fingerprint density at radius 3 is 2.68 bits per heavy atom. The van der Waals surface area contributed by atoms with Crippen molar-refractivity contribution < 1.29 is 4.39 Å². The molecule has 106 valence electrons. The predicted octanol–water partition coefficient (Wildman–Crippen LogP) is 3.37. The van der Waals surface area contributed by atoms with Gasteiger partial charge in [-0.1, -0.05) is 35.8 Å². The smallest absolute Gasteiger partial charge is 0.128 e. The van der Waals surface area contributed by atoms with Gasteiger partial charge in [-0.3, -0.25) is 10.3 Å². The summed E-state index contributed by atoms with van der Waals surface area (Å²) in [6.07, 6.45) is 0.519. The molecule has 0 heterocycles. The number of halogens is 2. The molecule has 0 aromatic heterocycles. The summed E-state index contributed by atoms with van der Waals surface area (Å²) >= 11 is 3.25. The van der Waals surface area contributed by atoms with E-state index in [1.807, 2.05) is 6.07 Å². The third-order valence-corrected chi connectivity index (χ3v) is 3.22. The number of nitrogens with two attached hydrogens (primary N) is 1. The SMILES string of the molecule is CC(C)CN(CCC(=N)N)Cc1ccc(Br)cc1F. The van der Waals surface area contributed by atoms with Crippen LogP contribution in [-0.2, 0) is 6.54 Å². The quantitative estimate of drug-likeness (QED) is 0.595. The van der Waals surface area contributed by atoms with Crippen molar-refractivity contribution in [1.82, 2.24) is 4.90 Å². The Hall–Kier alpha value is -0.940. The first-order valence-corrected chi connectivity index (χ1v) is 7.17. The lowest BCUT2D eigenvalue weighted by Gasteiger charge is -2.24. The first-order chi connectivity index (χ1) is 8.88. The number of hydrogen-bond acceptors (Lipinski definition) is 2. The van der Waals surface area contributed by atoms with Crippen molar-refractivity contribution >= 4 is 21.8 Å². The van der Waals surface area contributed by atoms with Gasteiger partial charge in [0.2, 0.25) is 0 Å². The van der Waals surface area contributed by atoms with E-state index in [2.05, 4.69) is 34.7 Å². The summed E-state index contributed by atoms with van der Waals surface area (Å²) in [6, 6.07) is 5.12. The van der Waals surface area contributed by atoms with E-state index in [1.165, 1.54) is 6.07 Å². The minimum Gasteiger partial charge on any atom is -0.388 e. The number of hydrogen-bond donors (Lipinski definition) is 2. The monoisotopic (exact) mass is 329 g/mol. The molecule has 5 heteroatoms. The third kappa shape index (κ3) is 6.16. The highest BCUT2D eigenvalue weighted by Crippen LogP contribution is 2.17. The molecule has 0 atom stereocenters. The van der Waals surface area contributed by atoms with Gasteiger partial charge in [0.05, 0.1) is 5.84 Å². The Balaban J connectivity index is 2.72. The molecule has 3 nitrogen and oxygen atoms in total. The Morgan fingerprint density at radius 2 is 2.16 bits per heavy atom. The maximum absolute atomic E-state index is 13.8. The fraction of sp³-hybridized carbons (Fsp3) is 0.500. The van der Waals surface area contributed by atoms with Crippen LogP contribution >= 0.6 is 15.9 Å². The number of nitrogens with one attached hydrogen (secondary N) is 1. The molecule has 0 amide bonds. The van der Waals surface area contributed by atoms with Crippen LogP contribution in [0.25, 0.3) is 0 Å². The summed E-state index contributed by atoms with van der Waals surface area (Å²) in [7, 11) is 0. The van der Waals surface area contributed by atoms with Crippen LogP contribution in [-0.4, -0.2) is 23.8 Å². The largest absolute Gasteiger partial charge is 0.388 e. The molecular formula is C14H21BrFN3. The van der Waals surface area contributed by atoms with Gasteiger partial charge in [0.1, 0.15) is 5.82 Å². The van der Waals surface area contributed by atoms with Crippen molar-refractivity contribution in [3.63, 3.8) is 0 Å². The van der Waals surface area contributed by atoms with Gasteiger partial charge in [-0.25, -0.2) is 4.39 Å². The van der Waals surface area contributed by atoms with Crippen LogP contribution in [0.1, 0.15) is 25.8 Å². The van der Waals surface area contributed by atoms with E-state index < -0.39 is 0 Å². The van der Waals surface area contributed by atoms with Gasteiger partial charge in [0.25, 0.3) is 0 Å². The zero-order valence-electron chi connectivity index (χ0n) is 11.4. The van der Waals surface area contributed by atoms with E-state index in [9.17, 15) is 4.39 Å². The fourth-order valence-corrected chi connectivity index (χ4v) is 2.25. The Bertz CT molecular complexity index is 435. The number of rotatable bonds is 7. The highest BCUT2D eigenvalue weighted by atomic mass is 79.9. The van der Waals surface area contributed by atoms with E-state index in [-0.39, 0.29) is 11.7 Å². The van der Waals surface area contributed by atoms with Gasteiger partial charge in [0, 0.05) is 36.1 Å². The lowest BCUT2D eigenvalue weighted by atomic mass is 10.1. The van der Waals surface area contributed by atoms with E-state index in [1.54, 1.807) is 6.07 Å². The molecule has 0 radical (unpaired) electrons. The van der Waals surface area contributed by atoms with Crippen LogP contribution in [0.4, 0.5) is 4.39 Å². The minimum absolute atomic E-state index is 0.171. The topological polar surface area (TPSA) is 53.1 Å². The second-order valence-corrected chi connectivity index (χ2v) is 6.06. The minimum atomic E-state index is -0.203. The van der Waals surface area contributed by atoms with E-state index >= 15 is 0 Å². The highest BCUT2D eigenvalue weighted by molar-refractivity contribution is 9.10. The zero-order valence-corrected chi connectivity index (χ0v) is 13.0. The lowest BCUT2D eigenvalue weighted by Crippen LogP contribution is -2.31. The summed E-state index contributed by atoms with van der Waals surface area (Å²) in [5.41, 5.74) is 6.06. The third-order valence-electron chi connectivity index (χ3n) is 2.73. The molecule has 0 spiro atoms. The molecule has 0 aliphatic carbocycles. The Labute approximate surface area is 122 Å². The number of nitrogens with zero attached hydrogens (tertiary/aromatic N) is 1. The Morgan fingerprint density at radius 1 is 1.47 bits per heavy atom. The first-order valence-electron chi connectivity index (χ1n) is 6.37. The average molecular weight is 330 g/mol. The molecule has 0 aliphatic rings. The summed E-state index contributed by atoms with van der Waals surface area (Å²) < 4.78 is 14.6. The molecule has 0 saturated heterocycles. The molecule has 0 fully saturated rings. The van der Waals surface area contributed by atoms with Crippen LogP contribution in [0.5, 0.6) is 0 Å². The van der Waals surface area contributed by atoms with Crippen molar-refractivity contribution in [2.24, 2.45) is 11.7 Å². The van der Waals surface area contributed by atoms with Gasteiger partial charge in [-0.2, -0.15) is 0 Å². The van der Waals surface area contributed by atoms with Crippen LogP contribution in [0.3, 0.4) is 0 Å². The van der Waals surface area contributed by atoms with Gasteiger partial charge < -0.3 is 5.73 Å². The predicted molar refractivity (Wildman–Crippen MR) is 80.7 cm³/mol. The van der Waals surface area contributed by atoms with Gasteiger partial charge >= 0.3 is 0 Å². The van der Waals surface area contributed by atoms with Crippen molar-refractivity contribution in [2.75, 3.05) is 13.1 Å². The second-order valence-electron chi connectivity index (χ2n) is 5.14. The molecule has 19 heavy (non-hydrogen) atoms. The average Bonchev–Trinajstić information content (AvgIpc) is 2.28. The Kier molecular flexibility index (Phi) is 6.45. The van der Waals surface area contributed by atoms with E-state index in [0.29, 0.717) is 31.0 Å². The van der Waals surface area contributed by atoms with Crippen LogP contribution < -0.4 is 5.73 Å². The summed E-state index contributed by atoms with van der Waals surface area (Å²) in [5, 5.41) is 7.29. The van der Waals surface area contributed by atoms with Crippen LogP contribution in [0.15, 0.2) is 22.7 Å². The van der Waals surface area contributed by atoms with E-state index in [0.717, 1.165) is 11.0 Å². The van der Waals surface area contributed by atoms with Gasteiger partial charge in [-0.05, 0) is 18.1 Å².